The predicted molar refractivity (Wildman–Crippen MR) is 66.9 cm³/mol. The number of thioether (sulfide) groups is 1. The molecule has 0 aliphatic carbocycles. The molecule has 1 atom stereocenters. The van der Waals surface area contributed by atoms with Crippen LogP contribution >= 0.6 is 11.8 Å². The number of nitrogens with one attached hydrogen (secondary N) is 1. The molecule has 0 saturated heterocycles. The predicted octanol–water partition coefficient (Wildman–Crippen LogP) is 1.05. The van der Waals surface area contributed by atoms with E-state index in [1.807, 2.05) is 11.8 Å². The summed E-state index contributed by atoms with van der Waals surface area (Å²) < 4.78 is 0. The minimum Gasteiger partial charge on any atom is -0.383 e. The molecular weight excluding hydrogens is 210 g/mol. The second-order valence-corrected chi connectivity index (χ2v) is 4.39. The number of nitrogen functional groups attached to an aromatic ring is 2. The Kier molecular flexibility index (Phi) is 4.48. The van der Waals surface area contributed by atoms with Crippen molar-refractivity contribution >= 4 is 29.3 Å². The van der Waals surface area contributed by atoms with Crippen LogP contribution in [0.25, 0.3) is 0 Å². The largest absolute Gasteiger partial charge is 0.383 e. The van der Waals surface area contributed by atoms with E-state index < -0.39 is 0 Å². The standard InChI is InChI=1S/C9H17N5S/c1-6(5-15-2)4-12-8-3-7(10)13-9(11)14-8/h3,6H,4-5H2,1-2H3,(H5,10,11,12,13,14). The van der Waals surface area contributed by atoms with Crippen LogP contribution in [0, 0.1) is 5.92 Å². The Balaban J connectivity index is 2.50. The third-order valence-electron chi connectivity index (χ3n) is 1.85. The number of aromatic nitrogens is 2. The molecule has 0 bridgehead atoms. The zero-order valence-electron chi connectivity index (χ0n) is 9.03. The molecule has 1 heterocycles. The third kappa shape index (κ3) is 4.24. The number of rotatable bonds is 5. The summed E-state index contributed by atoms with van der Waals surface area (Å²) >= 11 is 1.83. The molecule has 5 N–H and O–H groups in total. The highest BCUT2D eigenvalue weighted by Crippen LogP contribution is 2.11. The molecule has 0 saturated carbocycles. The number of anilines is 3. The quantitative estimate of drug-likeness (QED) is 0.696. The fourth-order valence-electron chi connectivity index (χ4n) is 1.20. The van der Waals surface area contributed by atoms with E-state index in [1.54, 1.807) is 6.07 Å². The van der Waals surface area contributed by atoms with Crippen molar-refractivity contribution in [2.75, 3.05) is 35.3 Å². The van der Waals surface area contributed by atoms with Gasteiger partial charge in [-0.2, -0.15) is 21.7 Å². The van der Waals surface area contributed by atoms with E-state index in [0.717, 1.165) is 12.3 Å². The minimum atomic E-state index is 0.204. The zero-order chi connectivity index (χ0) is 11.3. The van der Waals surface area contributed by atoms with Crippen molar-refractivity contribution in [3.8, 4) is 0 Å². The molecule has 0 fully saturated rings. The van der Waals surface area contributed by atoms with Gasteiger partial charge in [0.15, 0.2) is 0 Å². The summed E-state index contributed by atoms with van der Waals surface area (Å²) in [4.78, 5) is 7.83. The SMILES string of the molecule is CSCC(C)CNc1cc(N)nc(N)n1. The van der Waals surface area contributed by atoms with Crippen LogP contribution in [0.4, 0.5) is 17.6 Å². The molecule has 0 aromatic carbocycles. The van der Waals surface area contributed by atoms with Gasteiger partial charge >= 0.3 is 0 Å². The summed E-state index contributed by atoms with van der Waals surface area (Å²) in [5.41, 5.74) is 11.0. The Morgan fingerprint density at radius 1 is 1.47 bits per heavy atom. The maximum absolute atomic E-state index is 5.55. The van der Waals surface area contributed by atoms with E-state index >= 15 is 0 Å². The normalized spacial score (nSPS) is 12.4. The number of hydrogen-bond acceptors (Lipinski definition) is 6. The lowest BCUT2D eigenvalue weighted by atomic mass is 10.2. The lowest BCUT2D eigenvalue weighted by Gasteiger charge is -2.11. The van der Waals surface area contributed by atoms with Crippen LogP contribution in [-0.4, -0.2) is 28.5 Å². The van der Waals surface area contributed by atoms with E-state index in [9.17, 15) is 0 Å². The van der Waals surface area contributed by atoms with E-state index in [1.165, 1.54) is 0 Å². The van der Waals surface area contributed by atoms with Crippen LogP contribution in [0.3, 0.4) is 0 Å². The molecule has 0 spiro atoms. The first-order valence-corrected chi connectivity index (χ1v) is 6.14. The summed E-state index contributed by atoms with van der Waals surface area (Å²) in [7, 11) is 0. The molecule has 15 heavy (non-hydrogen) atoms. The van der Waals surface area contributed by atoms with Crippen molar-refractivity contribution in [1.82, 2.24) is 9.97 Å². The Morgan fingerprint density at radius 3 is 2.80 bits per heavy atom. The summed E-state index contributed by atoms with van der Waals surface area (Å²) in [6, 6.07) is 1.68. The number of nitrogens with zero attached hydrogens (tertiary/aromatic N) is 2. The summed E-state index contributed by atoms with van der Waals surface area (Å²) in [5.74, 6) is 2.98. The van der Waals surface area contributed by atoms with Crippen LogP contribution in [0.2, 0.25) is 0 Å². The Morgan fingerprint density at radius 2 is 2.20 bits per heavy atom. The highest BCUT2D eigenvalue weighted by atomic mass is 32.2. The van der Waals surface area contributed by atoms with Crippen LogP contribution in [-0.2, 0) is 0 Å². The molecule has 84 valence electrons. The van der Waals surface area contributed by atoms with E-state index in [-0.39, 0.29) is 5.95 Å². The molecule has 0 aliphatic rings. The summed E-state index contributed by atoms with van der Waals surface area (Å²) in [6.45, 7) is 3.04. The minimum absolute atomic E-state index is 0.204. The van der Waals surface area contributed by atoms with Gasteiger partial charge < -0.3 is 16.8 Å². The van der Waals surface area contributed by atoms with Crippen LogP contribution in [0.15, 0.2) is 6.07 Å². The molecule has 0 radical (unpaired) electrons. The van der Waals surface area contributed by atoms with Crippen molar-refractivity contribution < 1.29 is 0 Å². The number of nitrogens with two attached hydrogens (primary N) is 2. The average molecular weight is 227 g/mol. The van der Waals surface area contributed by atoms with Crippen molar-refractivity contribution in [2.24, 2.45) is 5.92 Å². The van der Waals surface area contributed by atoms with Gasteiger partial charge in [-0.15, -0.1) is 0 Å². The van der Waals surface area contributed by atoms with Gasteiger partial charge in [-0.3, -0.25) is 0 Å². The Bertz CT molecular complexity index is 297. The maximum Gasteiger partial charge on any atom is 0.223 e. The molecule has 1 rings (SSSR count). The summed E-state index contributed by atoms with van der Waals surface area (Å²) in [5, 5.41) is 3.19. The lowest BCUT2D eigenvalue weighted by molar-refractivity contribution is 0.699. The highest BCUT2D eigenvalue weighted by Gasteiger charge is 2.03. The maximum atomic E-state index is 5.55. The fourth-order valence-corrected chi connectivity index (χ4v) is 1.88. The summed E-state index contributed by atoms with van der Waals surface area (Å²) in [6.07, 6.45) is 2.09. The van der Waals surface area contributed by atoms with Gasteiger partial charge in [0.2, 0.25) is 5.95 Å². The smallest absolute Gasteiger partial charge is 0.223 e. The van der Waals surface area contributed by atoms with Crippen molar-refractivity contribution in [1.29, 1.82) is 0 Å². The average Bonchev–Trinajstić information content (AvgIpc) is 2.14. The van der Waals surface area contributed by atoms with Crippen LogP contribution in [0.5, 0.6) is 0 Å². The van der Waals surface area contributed by atoms with E-state index in [0.29, 0.717) is 17.6 Å². The molecule has 6 heteroatoms. The second-order valence-electron chi connectivity index (χ2n) is 3.48. The first-order chi connectivity index (χ1) is 7.11. The van der Waals surface area contributed by atoms with Gasteiger partial charge in [0.1, 0.15) is 11.6 Å². The topological polar surface area (TPSA) is 89.8 Å². The van der Waals surface area contributed by atoms with Crippen molar-refractivity contribution in [3.63, 3.8) is 0 Å². The van der Waals surface area contributed by atoms with Gasteiger partial charge in [0.05, 0.1) is 0 Å². The van der Waals surface area contributed by atoms with Crippen LogP contribution in [0.1, 0.15) is 6.92 Å². The van der Waals surface area contributed by atoms with Gasteiger partial charge in [0, 0.05) is 12.6 Å². The molecule has 1 aromatic rings. The highest BCUT2D eigenvalue weighted by molar-refractivity contribution is 7.98. The molecular formula is C9H17N5S. The lowest BCUT2D eigenvalue weighted by Crippen LogP contribution is -2.15. The van der Waals surface area contributed by atoms with Gasteiger partial charge in [-0.1, -0.05) is 6.92 Å². The van der Waals surface area contributed by atoms with Crippen molar-refractivity contribution in [3.05, 3.63) is 6.07 Å². The second kappa shape index (κ2) is 5.65. The fraction of sp³-hybridized carbons (Fsp3) is 0.556. The molecule has 0 amide bonds. The van der Waals surface area contributed by atoms with Gasteiger partial charge in [0.25, 0.3) is 0 Å². The zero-order valence-corrected chi connectivity index (χ0v) is 9.84. The van der Waals surface area contributed by atoms with Crippen LogP contribution < -0.4 is 16.8 Å². The first kappa shape index (κ1) is 11.9. The van der Waals surface area contributed by atoms with Gasteiger partial charge in [-0.25, -0.2) is 0 Å². The molecule has 1 aromatic heterocycles. The van der Waals surface area contributed by atoms with E-state index in [2.05, 4.69) is 28.5 Å². The number of hydrogen-bond donors (Lipinski definition) is 3. The first-order valence-electron chi connectivity index (χ1n) is 4.74. The van der Waals surface area contributed by atoms with Gasteiger partial charge in [-0.05, 0) is 17.9 Å². The Hall–Kier alpha value is -1.17. The molecule has 5 nitrogen and oxygen atoms in total. The molecule has 0 aliphatic heterocycles. The monoisotopic (exact) mass is 227 g/mol. The molecule has 1 unspecified atom stereocenters. The third-order valence-corrected chi connectivity index (χ3v) is 2.75. The Labute approximate surface area is 94.0 Å². The van der Waals surface area contributed by atoms with Crippen molar-refractivity contribution in [2.45, 2.75) is 6.92 Å². The van der Waals surface area contributed by atoms with E-state index in [4.69, 9.17) is 11.5 Å².